The molecule has 2 aromatic heterocycles. The van der Waals surface area contributed by atoms with Gasteiger partial charge >= 0.3 is 0 Å². The van der Waals surface area contributed by atoms with Gasteiger partial charge in [0.1, 0.15) is 18.0 Å². The molecule has 4 amide bonds. The van der Waals surface area contributed by atoms with Gasteiger partial charge in [0.05, 0.1) is 28.4 Å². The largest absolute Gasteiger partial charge is 0.482 e. The van der Waals surface area contributed by atoms with Crippen molar-refractivity contribution in [3.8, 4) is 16.9 Å². The maximum atomic E-state index is 14.2. The topological polar surface area (TPSA) is 165 Å². The second-order valence-corrected chi connectivity index (χ2v) is 16.2. The number of benzene rings is 2. The Hall–Kier alpha value is -5.05. The maximum absolute atomic E-state index is 14.2. The Morgan fingerprint density at radius 3 is 2.56 bits per heavy atom. The number of likely N-dealkylation sites (tertiary alicyclic amines) is 1. The van der Waals surface area contributed by atoms with Crippen molar-refractivity contribution in [2.45, 2.75) is 82.5 Å². The van der Waals surface area contributed by atoms with E-state index in [1.165, 1.54) is 12.1 Å². The first kappa shape index (κ1) is 38.8. The number of aromatic nitrogens is 3. The van der Waals surface area contributed by atoms with E-state index in [0.717, 1.165) is 79.9 Å². The van der Waals surface area contributed by atoms with Gasteiger partial charge in [0, 0.05) is 65.3 Å². The minimum Gasteiger partial charge on any atom is -0.482 e. The van der Waals surface area contributed by atoms with E-state index >= 15 is 0 Å². The van der Waals surface area contributed by atoms with Crippen LogP contribution in [-0.4, -0.2) is 79.9 Å². The lowest BCUT2D eigenvalue weighted by Crippen LogP contribution is -2.54. The number of piperidine rings is 2. The summed E-state index contributed by atoms with van der Waals surface area (Å²) in [7, 11) is 0. The van der Waals surface area contributed by atoms with Gasteiger partial charge < -0.3 is 20.7 Å². The monoisotopic (exact) mass is 816 g/mol. The third kappa shape index (κ3) is 7.95. The van der Waals surface area contributed by atoms with Crippen LogP contribution >= 0.6 is 23.2 Å². The minimum atomic E-state index is -0.987. The van der Waals surface area contributed by atoms with E-state index in [1.54, 1.807) is 31.3 Å². The van der Waals surface area contributed by atoms with Gasteiger partial charge in [-0.2, -0.15) is 5.10 Å². The number of nitrogens with two attached hydrogens (primary N) is 1. The number of anilines is 2. The number of hydrogen-bond donors (Lipinski definition) is 3. The van der Waals surface area contributed by atoms with Gasteiger partial charge in [-0.15, -0.1) is 0 Å². The summed E-state index contributed by atoms with van der Waals surface area (Å²) in [6, 6.07) is 9.10. The first-order valence-electron chi connectivity index (χ1n) is 19.4. The zero-order valence-electron chi connectivity index (χ0n) is 31.3. The molecule has 13 nitrogen and oxygen atoms in total. The van der Waals surface area contributed by atoms with Crippen molar-refractivity contribution in [3.05, 3.63) is 87.5 Å². The lowest BCUT2D eigenvalue weighted by Gasteiger charge is -2.37. The number of carbonyl (C=O) groups is 4. The van der Waals surface area contributed by atoms with Crippen LogP contribution in [0.4, 0.5) is 15.9 Å². The number of ether oxygens (including phenoxy) is 1. The van der Waals surface area contributed by atoms with Crippen LogP contribution in [0.5, 0.6) is 5.75 Å². The fourth-order valence-corrected chi connectivity index (χ4v) is 9.33. The van der Waals surface area contributed by atoms with Crippen molar-refractivity contribution in [2.75, 3.05) is 30.7 Å². The second kappa shape index (κ2) is 16.1. The molecule has 5 heterocycles. The predicted octanol–water partition coefficient (Wildman–Crippen LogP) is 6.82. The molecule has 57 heavy (non-hydrogen) atoms. The molecule has 0 spiro atoms. The van der Waals surface area contributed by atoms with Gasteiger partial charge in [-0.25, -0.2) is 9.37 Å². The lowest BCUT2D eigenvalue weighted by molar-refractivity contribution is -0.136. The molecule has 3 atom stereocenters. The quantitative estimate of drug-likeness (QED) is 0.114. The van der Waals surface area contributed by atoms with Crippen molar-refractivity contribution >= 4 is 58.3 Å². The fourth-order valence-electron chi connectivity index (χ4n) is 8.65. The number of halogens is 3. The number of rotatable bonds is 10. The van der Waals surface area contributed by atoms with Crippen molar-refractivity contribution in [1.82, 2.24) is 29.9 Å². The molecular weight excluding hydrogens is 774 g/mol. The van der Waals surface area contributed by atoms with Gasteiger partial charge in [0.15, 0.2) is 11.6 Å². The molecule has 298 valence electrons. The standard InChI is InChI=1S/C41H43Cl2FN8O5/c1-22(36-31(42)10-11-32(44)37(36)43)57-34-15-24(17-46-38(34)45)25-18-47-51(20-25)28-7-4-23(5-8-28)19-50-14-2-3-27(21-50)48-26-6-9-29-30(16-26)41(56)52(40(29)55)33-12-13-35(53)49-39(33)54/h6,9-11,15-18,20,22-23,27-28,33,48H,2-5,7-8,12-14,19,21H2,1H3,(H2,45,46)(H,49,53,54)/t22?,23?,27-,28?,33?/m1/s1. The Morgan fingerprint density at radius 2 is 1.77 bits per heavy atom. The van der Waals surface area contributed by atoms with Crippen LogP contribution in [0.15, 0.2) is 55.0 Å². The molecule has 1 saturated carbocycles. The third-order valence-corrected chi connectivity index (χ3v) is 12.3. The van der Waals surface area contributed by atoms with Crippen molar-refractivity contribution in [3.63, 3.8) is 0 Å². The molecule has 3 fully saturated rings. The van der Waals surface area contributed by atoms with Crippen molar-refractivity contribution in [1.29, 1.82) is 0 Å². The lowest BCUT2D eigenvalue weighted by atomic mass is 9.85. The summed E-state index contributed by atoms with van der Waals surface area (Å²) in [5.41, 5.74) is 9.46. The Kier molecular flexibility index (Phi) is 10.9. The van der Waals surface area contributed by atoms with Crippen molar-refractivity contribution < 1.29 is 28.3 Å². The van der Waals surface area contributed by atoms with Crippen molar-refractivity contribution in [2.24, 2.45) is 5.92 Å². The van der Waals surface area contributed by atoms with Gasteiger partial charge in [-0.3, -0.25) is 34.1 Å². The molecule has 2 saturated heterocycles. The van der Waals surface area contributed by atoms with E-state index in [9.17, 15) is 23.6 Å². The number of pyridine rings is 1. The Bertz CT molecular complexity index is 2240. The van der Waals surface area contributed by atoms with Gasteiger partial charge in [-0.1, -0.05) is 23.2 Å². The molecule has 0 radical (unpaired) electrons. The summed E-state index contributed by atoms with van der Waals surface area (Å²) in [5.74, 6) is -1.53. The summed E-state index contributed by atoms with van der Waals surface area (Å²) in [6.45, 7) is 4.63. The summed E-state index contributed by atoms with van der Waals surface area (Å²) in [6.07, 6.45) is 11.3. The molecule has 3 aliphatic heterocycles. The van der Waals surface area contributed by atoms with E-state index in [-0.39, 0.29) is 46.9 Å². The molecule has 8 rings (SSSR count). The Labute approximate surface area is 339 Å². The highest BCUT2D eigenvalue weighted by Crippen LogP contribution is 2.38. The van der Waals surface area contributed by atoms with E-state index in [1.807, 2.05) is 23.1 Å². The highest BCUT2D eigenvalue weighted by Gasteiger charge is 2.44. The number of carbonyl (C=O) groups excluding carboxylic acids is 4. The molecule has 2 aromatic carbocycles. The normalized spacial score (nSPS) is 23.3. The summed E-state index contributed by atoms with van der Waals surface area (Å²) in [4.78, 5) is 58.4. The average Bonchev–Trinajstić information content (AvgIpc) is 3.77. The maximum Gasteiger partial charge on any atom is 0.262 e. The first-order chi connectivity index (χ1) is 27.4. The number of nitrogens with zero attached hydrogens (tertiary/aromatic N) is 5. The highest BCUT2D eigenvalue weighted by molar-refractivity contribution is 6.36. The fraction of sp³-hybridized carbons (Fsp3) is 0.415. The molecule has 2 unspecified atom stereocenters. The molecule has 4 N–H and O–H groups in total. The second-order valence-electron chi connectivity index (χ2n) is 15.5. The first-order valence-corrected chi connectivity index (χ1v) is 20.1. The number of hydrogen-bond acceptors (Lipinski definition) is 10. The summed E-state index contributed by atoms with van der Waals surface area (Å²) < 4.78 is 22.3. The Balaban J connectivity index is 0.837. The summed E-state index contributed by atoms with van der Waals surface area (Å²) in [5, 5.41) is 10.7. The van der Waals surface area contributed by atoms with Crippen LogP contribution in [0.3, 0.4) is 0 Å². The Morgan fingerprint density at radius 1 is 0.982 bits per heavy atom. The van der Waals surface area contributed by atoms with Gasteiger partial charge in [0.2, 0.25) is 11.8 Å². The van der Waals surface area contributed by atoms with Gasteiger partial charge in [0.25, 0.3) is 11.8 Å². The van der Waals surface area contributed by atoms with Crippen LogP contribution in [-0.2, 0) is 9.59 Å². The highest BCUT2D eigenvalue weighted by atomic mass is 35.5. The van der Waals surface area contributed by atoms with Gasteiger partial charge in [-0.05, 0) is 101 Å². The molecule has 16 heteroatoms. The summed E-state index contributed by atoms with van der Waals surface area (Å²) >= 11 is 12.5. The van der Waals surface area contributed by atoms with Crippen LogP contribution in [0.2, 0.25) is 10.0 Å². The number of amides is 4. The van der Waals surface area contributed by atoms with Crippen LogP contribution in [0, 0.1) is 11.7 Å². The number of fused-ring (bicyclic) bond motifs is 1. The van der Waals surface area contributed by atoms with E-state index < -0.39 is 41.6 Å². The molecular formula is C41H43Cl2FN8O5. The van der Waals surface area contributed by atoms with E-state index in [2.05, 4.69) is 20.5 Å². The van der Waals surface area contributed by atoms with Crippen LogP contribution in [0.25, 0.3) is 11.1 Å². The zero-order chi connectivity index (χ0) is 40.0. The van der Waals surface area contributed by atoms with Crippen LogP contribution in [0.1, 0.15) is 96.7 Å². The number of nitrogens with one attached hydrogen (secondary N) is 2. The third-order valence-electron chi connectivity index (χ3n) is 11.6. The van der Waals surface area contributed by atoms with E-state index in [0.29, 0.717) is 22.3 Å². The number of imide groups is 2. The molecule has 4 aromatic rings. The zero-order valence-corrected chi connectivity index (χ0v) is 32.9. The SMILES string of the molecule is CC(Oc1cc(-c2cnn(C3CCC(CN4CCC[C@@H](Nc5ccc6c(c5)C(=O)N(C5CCC(=O)NC5=O)C6=O)C4)CC3)c2)cnc1N)c1c(Cl)ccc(F)c1Cl. The van der Waals surface area contributed by atoms with E-state index in [4.69, 9.17) is 38.8 Å². The predicted molar refractivity (Wildman–Crippen MR) is 213 cm³/mol. The molecule has 4 aliphatic rings. The molecule has 0 bridgehead atoms. The van der Waals surface area contributed by atoms with Crippen LogP contribution < -0.4 is 21.1 Å². The molecule has 1 aliphatic carbocycles. The smallest absolute Gasteiger partial charge is 0.262 e. The number of nitrogen functional groups attached to an aromatic ring is 1. The minimum absolute atomic E-state index is 0.0821. The average molecular weight is 818 g/mol.